The summed E-state index contributed by atoms with van der Waals surface area (Å²) in [7, 11) is 0. The second kappa shape index (κ2) is 11.4. The first-order valence-electron chi connectivity index (χ1n) is 16.6. The fourth-order valence-electron chi connectivity index (χ4n) is 7.00. The molecule has 0 fully saturated rings. The van der Waals surface area contributed by atoms with Gasteiger partial charge >= 0.3 is 0 Å². The Labute approximate surface area is 287 Å². The lowest BCUT2D eigenvalue weighted by molar-refractivity contribution is 0.669. The number of nitrogens with zero attached hydrogens (tertiary/aromatic N) is 3. The molecule has 3 heterocycles. The van der Waals surface area contributed by atoms with Crippen molar-refractivity contribution in [3.8, 4) is 56.4 Å². The Balaban J connectivity index is 1.15. The summed E-state index contributed by atoms with van der Waals surface area (Å²) >= 11 is 0. The van der Waals surface area contributed by atoms with Crippen molar-refractivity contribution in [2.75, 3.05) is 0 Å². The van der Waals surface area contributed by atoms with Gasteiger partial charge in [0.05, 0.1) is 0 Å². The number of para-hydroxylation sites is 1. The van der Waals surface area contributed by atoms with Gasteiger partial charge in [-0.25, -0.2) is 15.0 Å². The third-order valence-electron chi connectivity index (χ3n) is 9.34. The van der Waals surface area contributed by atoms with E-state index in [4.69, 9.17) is 23.8 Å². The Morgan fingerprint density at radius 3 is 1.42 bits per heavy atom. The highest BCUT2D eigenvalue weighted by Crippen LogP contribution is 2.43. The first-order valence-corrected chi connectivity index (χ1v) is 16.6. The Morgan fingerprint density at radius 1 is 0.300 bits per heavy atom. The molecule has 0 aliphatic heterocycles. The van der Waals surface area contributed by atoms with E-state index in [1.54, 1.807) is 0 Å². The third kappa shape index (κ3) is 4.67. The highest BCUT2D eigenvalue weighted by molar-refractivity contribution is 6.18. The van der Waals surface area contributed by atoms with Gasteiger partial charge in [-0.1, -0.05) is 127 Å². The van der Waals surface area contributed by atoms with E-state index >= 15 is 0 Å². The van der Waals surface area contributed by atoms with E-state index in [9.17, 15) is 0 Å². The zero-order chi connectivity index (χ0) is 33.0. The van der Waals surface area contributed by atoms with E-state index in [-0.39, 0.29) is 0 Å². The number of rotatable bonds is 5. The molecule has 5 heteroatoms. The topological polar surface area (TPSA) is 65.0 Å². The van der Waals surface area contributed by atoms with Gasteiger partial charge in [0.2, 0.25) is 0 Å². The van der Waals surface area contributed by atoms with Crippen LogP contribution in [0.4, 0.5) is 0 Å². The maximum Gasteiger partial charge on any atom is 0.164 e. The van der Waals surface area contributed by atoms with Crippen molar-refractivity contribution in [1.82, 2.24) is 15.0 Å². The third-order valence-corrected chi connectivity index (χ3v) is 9.34. The van der Waals surface area contributed by atoms with Crippen molar-refractivity contribution in [1.29, 1.82) is 0 Å². The van der Waals surface area contributed by atoms with Crippen molar-refractivity contribution in [3.05, 3.63) is 164 Å². The summed E-state index contributed by atoms with van der Waals surface area (Å²) < 4.78 is 12.7. The molecule has 0 aliphatic rings. The van der Waals surface area contributed by atoms with Crippen LogP contribution >= 0.6 is 0 Å². The number of hydrogen-bond acceptors (Lipinski definition) is 5. The molecule has 3 aromatic heterocycles. The minimum Gasteiger partial charge on any atom is -0.456 e. The van der Waals surface area contributed by atoms with E-state index in [0.29, 0.717) is 17.5 Å². The van der Waals surface area contributed by atoms with Crippen molar-refractivity contribution in [2.24, 2.45) is 0 Å². The zero-order valence-corrected chi connectivity index (χ0v) is 26.7. The fourth-order valence-corrected chi connectivity index (χ4v) is 7.00. The van der Waals surface area contributed by atoms with Crippen LogP contribution in [0, 0.1) is 0 Å². The van der Waals surface area contributed by atoms with Crippen LogP contribution in [0.25, 0.3) is 100 Å². The van der Waals surface area contributed by atoms with Crippen LogP contribution in [0.15, 0.2) is 173 Å². The van der Waals surface area contributed by atoms with Gasteiger partial charge in [0.15, 0.2) is 17.5 Å². The summed E-state index contributed by atoms with van der Waals surface area (Å²) in [5, 5.41) is 4.35. The van der Waals surface area contributed by atoms with E-state index in [0.717, 1.165) is 82.8 Å². The smallest absolute Gasteiger partial charge is 0.164 e. The quantitative estimate of drug-likeness (QED) is 0.187. The normalized spacial score (nSPS) is 11.6. The summed E-state index contributed by atoms with van der Waals surface area (Å²) in [6.45, 7) is 0. The van der Waals surface area contributed by atoms with Crippen LogP contribution in [0.5, 0.6) is 0 Å². The van der Waals surface area contributed by atoms with Crippen LogP contribution in [0.2, 0.25) is 0 Å². The van der Waals surface area contributed by atoms with Crippen LogP contribution in [-0.4, -0.2) is 15.0 Å². The van der Waals surface area contributed by atoms with Crippen molar-refractivity contribution in [3.63, 3.8) is 0 Å². The molecular weight excluding hydrogens is 615 g/mol. The van der Waals surface area contributed by atoms with Gasteiger partial charge in [-0.2, -0.15) is 0 Å². The maximum absolute atomic E-state index is 6.51. The number of aromatic nitrogens is 3. The monoisotopic (exact) mass is 641 g/mol. The molecule has 0 bridgehead atoms. The Kier molecular flexibility index (Phi) is 6.42. The Morgan fingerprint density at radius 2 is 0.760 bits per heavy atom. The molecule has 0 saturated carbocycles. The minimum absolute atomic E-state index is 0.616. The van der Waals surface area contributed by atoms with E-state index in [1.807, 2.05) is 84.9 Å². The molecule has 0 spiro atoms. The molecule has 0 radical (unpaired) electrons. The Bertz CT molecular complexity index is 2810. The molecule has 50 heavy (non-hydrogen) atoms. The molecule has 0 N–H and O–H groups in total. The average Bonchev–Trinajstić information content (AvgIpc) is 3.77. The molecule has 234 valence electrons. The first kappa shape index (κ1) is 28.2. The van der Waals surface area contributed by atoms with E-state index < -0.39 is 0 Å². The summed E-state index contributed by atoms with van der Waals surface area (Å²) in [6, 6.07) is 55.7. The van der Waals surface area contributed by atoms with Crippen LogP contribution in [0.1, 0.15) is 0 Å². The highest BCUT2D eigenvalue weighted by Gasteiger charge is 2.19. The van der Waals surface area contributed by atoms with Gasteiger partial charge in [0, 0.05) is 38.2 Å². The summed E-state index contributed by atoms with van der Waals surface area (Å²) in [6.07, 6.45) is 0. The molecule has 10 aromatic rings. The van der Waals surface area contributed by atoms with Crippen LogP contribution in [0.3, 0.4) is 0 Å². The molecule has 0 saturated heterocycles. The molecule has 0 amide bonds. The summed E-state index contributed by atoms with van der Waals surface area (Å²) in [4.78, 5) is 14.8. The molecule has 0 aliphatic carbocycles. The standard InChI is InChI=1S/C45H27N3O2/c1-3-12-28(13-4-1)43-46-44(29-14-5-2-6-15-29)48-45(47-43)32-17-9-16-30(26-32)33-19-10-22-39-41(33)42-34(20-11-23-40(42)50-39)31-24-25-38-36(27-31)35-18-7-8-21-37(35)49-38/h1-27H. The van der Waals surface area contributed by atoms with Gasteiger partial charge in [-0.15, -0.1) is 0 Å². The van der Waals surface area contributed by atoms with Gasteiger partial charge in [0.25, 0.3) is 0 Å². The second-order valence-corrected chi connectivity index (χ2v) is 12.4. The fraction of sp³-hybridized carbons (Fsp3) is 0. The number of fused-ring (bicyclic) bond motifs is 6. The second-order valence-electron chi connectivity index (χ2n) is 12.4. The summed E-state index contributed by atoms with van der Waals surface area (Å²) in [5.41, 5.74) is 10.6. The van der Waals surface area contributed by atoms with Crippen molar-refractivity contribution < 1.29 is 8.83 Å². The lowest BCUT2D eigenvalue weighted by Gasteiger charge is -2.11. The Hall–Kier alpha value is -6.85. The number of hydrogen-bond donors (Lipinski definition) is 0. The lowest BCUT2D eigenvalue weighted by Crippen LogP contribution is -2.00. The van der Waals surface area contributed by atoms with Crippen molar-refractivity contribution >= 4 is 43.9 Å². The molecule has 0 atom stereocenters. The number of benzene rings is 7. The predicted molar refractivity (Wildman–Crippen MR) is 202 cm³/mol. The molecule has 5 nitrogen and oxygen atoms in total. The van der Waals surface area contributed by atoms with Crippen LogP contribution in [-0.2, 0) is 0 Å². The maximum atomic E-state index is 6.51. The number of furan rings is 2. The minimum atomic E-state index is 0.616. The molecule has 0 unspecified atom stereocenters. The zero-order valence-electron chi connectivity index (χ0n) is 26.7. The van der Waals surface area contributed by atoms with E-state index in [1.165, 1.54) is 0 Å². The van der Waals surface area contributed by atoms with E-state index in [2.05, 4.69) is 78.9 Å². The largest absolute Gasteiger partial charge is 0.456 e. The van der Waals surface area contributed by atoms with Crippen molar-refractivity contribution in [2.45, 2.75) is 0 Å². The van der Waals surface area contributed by atoms with Gasteiger partial charge in [-0.3, -0.25) is 0 Å². The van der Waals surface area contributed by atoms with Gasteiger partial charge < -0.3 is 8.83 Å². The lowest BCUT2D eigenvalue weighted by atomic mass is 9.93. The predicted octanol–water partition coefficient (Wildman–Crippen LogP) is 12.0. The highest BCUT2D eigenvalue weighted by atomic mass is 16.3. The first-order chi connectivity index (χ1) is 24.8. The van der Waals surface area contributed by atoms with Gasteiger partial charge in [0.1, 0.15) is 22.3 Å². The summed E-state index contributed by atoms with van der Waals surface area (Å²) in [5.74, 6) is 1.88. The van der Waals surface area contributed by atoms with Gasteiger partial charge in [-0.05, 0) is 58.7 Å². The molecule has 10 rings (SSSR count). The van der Waals surface area contributed by atoms with Crippen LogP contribution < -0.4 is 0 Å². The average molecular weight is 642 g/mol. The SMILES string of the molecule is c1ccc(-c2nc(-c3ccccc3)nc(-c3cccc(-c4cccc5oc6cccc(-c7ccc8oc9ccccc9c8c7)c6c45)c3)n2)cc1. The molecular formula is C45H27N3O2. The molecule has 7 aromatic carbocycles.